The highest BCUT2D eigenvalue weighted by Crippen LogP contribution is 2.37. The van der Waals surface area contributed by atoms with Gasteiger partial charge in [-0.25, -0.2) is 0 Å². The fourth-order valence-electron chi connectivity index (χ4n) is 2.69. The van der Waals surface area contributed by atoms with E-state index in [0.29, 0.717) is 29.2 Å². The van der Waals surface area contributed by atoms with E-state index in [-0.39, 0.29) is 5.97 Å². The van der Waals surface area contributed by atoms with E-state index in [4.69, 9.17) is 16.3 Å². The van der Waals surface area contributed by atoms with Crippen LogP contribution in [-0.2, 0) is 16.1 Å². The van der Waals surface area contributed by atoms with Gasteiger partial charge in [-0.15, -0.1) is 16.8 Å². The summed E-state index contributed by atoms with van der Waals surface area (Å²) in [6.07, 6.45) is 1.77. The van der Waals surface area contributed by atoms with Crippen molar-refractivity contribution < 1.29 is 9.53 Å². The number of halogens is 1. The number of carbonyl (C=O) groups excluding carboxylic acids is 1. The summed E-state index contributed by atoms with van der Waals surface area (Å²) in [7, 11) is 0. The maximum absolute atomic E-state index is 12.6. The van der Waals surface area contributed by atoms with Gasteiger partial charge in [0.1, 0.15) is 5.25 Å². The predicted molar refractivity (Wildman–Crippen MR) is 112 cm³/mol. The minimum Gasteiger partial charge on any atom is -0.465 e. The van der Waals surface area contributed by atoms with Crippen LogP contribution in [0.2, 0.25) is 5.02 Å². The molecule has 0 amide bonds. The van der Waals surface area contributed by atoms with Crippen molar-refractivity contribution in [1.82, 2.24) is 14.8 Å². The number of hydrogen-bond acceptors (Lipinski definition) is 5. The van der Waals surface area contributed by atoms with Crippen LogP contribution in [0.1, 0.15) is 17.7 Å². The molecule has 0 unspecified atom stereocenters. The van der Waals surface area contributed by atoms with Gasteiger partial charge in [-0.3, -0.25) is 9.36 Å². The van der Waals surface area contributed by atoms with Crippen molar-refractivity contribution in [2.75, 3.05) is 6.61 Å². The molecule has 0 spiro atoms. The molecule has 0 aliphatic rings. The van der Waals surface area contributed by atoms with Crippen LogP contribution in [-0.4, -0.2) is 27.3 Å². The van der Waals surface area contributed by atoms with Gasteiger partial charge in [-0.2, -0.15) is 0 Å². The van der Waals surface area contributed by atoms with Crippen molar-refractivity contribution in [3.63, 3.8) is 0 Å². The van der Waals surface area contributed by atoms with E-state index in [1.807, 2.05) is 59.2 Å². The average molecular weight is 414 g/mol. The van der Waals surface area contributed by atoms with E-state index in [0.717, 1.165) is 11.1 Å². The lowest BCUT2D eigenvalue weighted by Gasteiger charge is -2.16. The summed E-state index contributed by atoms with van der Waals surface area (Å²) in [6.45, 7) is 6.45. The highest BCUT2D eigenvalue weighted by Gasteiger charge is 2.26. The summed E-state index contributed by atoms with van der Waals surface area (Å²) >= 11 is 7.31. The highest BCUT2D eigenvalue weighted by molar-refractivity contribution is 8.00. The van der Waals surface area contributed by atoms with Gasteiger partial charge in [-0.1, -0.05) is 59.8 Å². The maximum Gasteiger partial charge on any atom is 0.324 e. The standard InChI is InChI=1S/C21H20ClN3O2S/c1-3-14-25-19(16-10-12-17(22)13-11-16)23-24-21(25)28-18(20(26)27-4-2)15-8-6-5-7-9-15/h3,5-13,18H,1,4,14H2,2H3/t18-/m0/s1. The molecule has 0 saturated heterocycles. The molecule has 5 nitrogen and oxygen atoms in total. The highest BCUT2D eigenvalue weighted by atomic mass is 35.5. The Bertz CT molecular complexity index is 942. The number of ether oxygens (including phenoxy) is 1. The number of nitrogens with zero attached hydrogens (tertiary/aromatic N) is 3. The molecule has 0 radical (unpaired) electrons. The molecule has 2 aromatic carbocycles. The van der Waals surface area contributed by atoms with Crippen molar-refractivity contribution in [3.05, 3.63) is 77.8 Å². The fourth-order valence-corrected chi connectivity index (χ4v) is 3.86. The van der Waals surface area contributed by atoms with E-state index in [1.165, 1.54) is 11.8 Å². The van der Waals surface area contributed by atoms with E-state index in [2.05, 4.69) is 16.8 Å². The molecule has 3 rings (SSSR count). The molecule has 3 aromatic rings. The normalized spacial score (nSPS) is 11.8. The second kappa shape index (κ2) is 9.57. The van der Waals surface area contributed by atoms with Crippen molar-refractivity contribution >= 4 is 29.3 Å². The Morgan fingerprint density at radius 2 is 1.93 bits per heavy atom. The van der Waals surface area contributed by atoms with E-state index in [1.54, 1.807) is 13.0 Å². The van der Waals surface area contributed by atoms with Gasteiger partial charge in [0.05, 0.1) is 6.61 Å². The lowest BCUT2D eigenvalue weighted by Crippen LogP contribution is -2.14. The molecule has 0 N–H and O–H groups in total. The molecule has 0 bridgehead atoms. The van der Waals surface area contributed by atoms with Crippen LogP contribution in [0.25, 0.3) is 11.4 Å². The Morgan fingerprint density at radius 3 is 2.57 bits per heavy atom. The van der Waals surface area contributed by atoms with Crippen LogP contribution in [0.5, 0.6) is 0 Å². The number of aromatic nitrogens is 3. The first-order valence-corrected chi connectivity index (χ1v) is 10.1. The Labute approximate surface area is 173 Å². The molecule has 28 heavy (non-hydrogen) atoms. The van der Waals surface area contributed by atoms with Crippen LogP contribution in [0, 0.1) is 0 Å². The topological polar surface area (TPSA) is 57.0 Å². The van der Waals surface area contributed by atoms with E-state index >= 15 is 0 Å². The van der Waals surface area contributed by atoms with Gasteiger partial charge in [0.2, 0.25) is 0 Å². The minimum absolute atomic E-state index is 0.306. The third-order valence-electron chi connectivity index (χ3n) is 3.96. The van der Waals surface area contributed by atoms with E-state index < -0.39 is 5.25 Å². The first-order valence-electron chi connectivity index (χ1n) is 8.82. The number of hydrogen-bond donors (Lipinski definition) is 0. The average Bonchev–Trinajstić information content (AvgIpc) is 3.10. The quantitative estimate of drug-likeness (QED) is 0.289. The molecule has 144 valence electrons. The van der Waals surface area contributed by atoms with Crippen molar-refractivity contribution in [3.8, 4) is 11.4 Å². The van der Waals surface area contributed by atoms with Gasteiger partial charge >= 0.3 is 5.97 Å². The Hall–Kier alpha value is -2.57. The number of esters is 1. The summed E-state index contributed by atoms with van der Waals surface area (Å²) in [6, 6.07) is 16.9. The Kier molecular flexibility index (Phi) is 6.90. The molecule has 0 fully saturated rings. The lowest BCUT2D eigenvalue weighted by atomic mass is 10.1. The predicted octanol–water partition coefficient (Wildman–Crippen LogP) is 5.18. The number of thioether (sulfide) groups is 1. The SMILES string of the molecule is C=CCn1c(S[C@H](C(=O)OCC)c2ccccc2)nnc1-c1ccc(Cl)cc1. The number of carbonyl (C=O) groups is 1. The summed E-state index contributed by atoms with van der Waals surface area (Å²) in [5.74, 6) is 0.384. The first kappa shape index (κ1) is 20.2. The smallest absolute Gasteiger partial charge is 0.324 e. The largest absolute Gasteiger partial charge is 0.465 e. The Morgan fingerprint density at radius 1 is 1.21 bits per heavy atom. The summed E-state index contributed by atoms with van der Waals surface area (Å²) < 4.78 is 7.21. The molecular formula is C21H20ClN3O2S. The van der Waals surface area contributed by atoms with E-state index in [9.17, 15) is 4.79 Å². The zero-order valence-corrected chi connectivity index (χ0v) is 17.0. The van der Waals surface area contributed by atoms with Crippen molar-refractivity contribution in [2.45, 2.75) is 23.9 Å². The summed E-state index contributed by atoms with van der Waals surface area (Å²) in [4.78, 5) is 12.6. The number of benzene rings is 2. The van der Waals surface area contributed by atoms with Gasteiger partial charge < -0.3 is 4.74 Å². The second-order valence-corrected chi connectivity index (χ2v) is 7.38. The summed E-state index contributed by atoms with van der Waals surface area (Å²) in [5, 5.41) is 9.40. The number of rotatable bonds is 8. The first-order chi connectivity index (χ1) is 13.6. The molecule has 1 heterocycles. The monoisotopic (exact) mass is 413 g/mol. The summed E-state index contributed by atoms with van der Waals surface area (Å²) in [5.41, 5.74) is 1.74. The van der Waals surface area contributed by atoms with Crippen molar-refractivity contribution in [1.29, 1.82) is 0 Å². The van der Waals surface area contributed by atoms with Gasteiger partial charge in [0, 0.05) is 17.1 Å². The van der Waals surface area contributed by atoms with Gasteiger partial charge in [0.25, 0.3) is 0 Å². The Balaban J connectivity index is 1.98. The molecule has 1 aromatic heterocycles. The molecule has 1 atom stereocenters. The zero-order chi connectivity index (χ0) is 19.9. The molecule has 0 aliphatic heterocycles. The van der Waals surface area contributed by atoms with Crippen LogP contribution < -0.4 is 0 Å². The molecule has 0 aliphatic carbocycles. The fraction of sp³-hybridized carbons (Fsp3) is 0.190. The maximum atomic E-state index is 12.6. The number of allylic oxidation sites excluding steroid dienone is 1. The van der Waals surface area contributed by atoms with Crippen molar-refractivity contribution in [2.24, 2.45) is 0 Å². The van der Waals surface area contributed by atoms with Crippen LogP contribution >= 0.6 is 23.4 Å². The van der Waals surface area contributed by atoms with Crippen LogP contribution in [0.4, 0.5) is 0 Å². The van der Waals surface area contributed by atoms with Gasteiger partial charge in [-0.05, 0) is 36.8 Å². The lowest BCUT2D eigenvalue weighted by molar-refractivity contribution is -0.142. The second-order valence-electron chi connectivity index (χ2n) is 5.87. The minimum atomic E-state index is -0.535. The third kappa shape index (κ3) is 4.64. The molecule has 0 saturated carbocycles. The van der Waals surface area contributed by atoms with Crippen LogP contribution in [0.15, 0.2) is 72.4 Å². The third-order valence-corrected chi connectivity index (χ3v) is 5.42. The molecule has 7 heteroatoms. The zero-order valence-electron chi connectivity index (χ0n) is 15.4. The molecular weight excluding hydrogens is 394 g/mol. The van der Waals surface area contributed by atoms with Crippen LogP contribution in [0.3, 0.4) is 0 Å². The van der Waals surface area contributed by atoms with Gasteiger partial charge in [0.15, 0.2) is 11.0 Å².